The molecule has 2 N–H and O–H groups in total. The predicted molar refractivity (Wildman–Crippen MR) is 96.3 cm³/mol. The Morgan fingerprint density at radius 2 is 1.92 bits per heavy atom. The molecule has 1 atom stereocenters. The van der Waals surface area contributed by atoms with Crippen LogP contribution in [0.2, 0.25) is 0 Å². The normalized spacial score (nSPS) is 12.9. The first-order valence-corrected chi connectivity index (χ1v) is 8.54. The number of ether oxygens (including phenoxy) is 1. The van der Waals surface area contributed by atoms with E-state index in [1.807, 2.05) is 32.6 Å². The third kappa shape index (κ3) is 3.93. The second-order valence-electron chi connectivity index (χ2n) is 6.22. The molecule has 25 heavy (non-hydrogen) atoms. The van der Waals surface area contributed by atoms with Crippen molar-refractivity contribution in [1.29, 1.82) is 0 Å². The molecule has 0 amide bonds. The highest BCUT2D eigenvalue weighted by molar-refractivity contribution is 5.74. The number of imidazole rings is 1. The Morgan fingerprint density at radius 1 is 1.28 bits per heavy atom. The fourth-order valence-corrected chi connectivity index (χ4v) is 2.71. The van der Waals surface area contributed by atoms with Gasteiger partial charge in [0.25, 0.3) is 5.56 Å². The monoisotopic (exact) mass is 353 g/mol. The fraction of sp³-hybridized carbons (Fsp3) is 0.688. The first-order valence-electron chi connectivity index (χ1n) is 8.54. The van der Waals surface area contributed by atoms with Gasteiger partial charge in [-0.25, -0.2) is 4.79 Å². The van der Waals surface area contributed by atoms with Gasteiger partial charge in [0.2, 0.25) is 5.95 Å². The molecule has 0 fully saturated rings. The van der Waals surface area contributed by atoms with Crippen molar-refractivity contribution in [3.8, 4) is 0 Å². The zero-order chi connectivity index (χ0) is 18.7. The molecule has 140 valence electrons. The van der Waals surface area contributed by atoms with Crippen molar-refractivity contribution in [1.82, 2.24) is 19.1 Å². The number of aliphatic hydroxyl groups excluding tert-OH is 1. The van der Waals surface area contributed by atoms with E-state index in [0.717, 1.165) is 0 Å². The van der Waals surface area contributed by atoms with Crippen LogP contribution in [0.5, 0.6) is 0 Å². The molecule has 0 radical (unpaired) electrons. The predicted octanol–water partition coefficient (Wildman–Crippen LogP) is 0.0554. The van der Waals surface area contributed by atoms with Gasteiger partial charge in [-0.05, 0) is 27.7 Å². The van der Waals surface area contributed by atoms with Crippen molar-refractivity contribution >= 4 is 17.1 Å². The molecular weight excluding hydrogens is 326 g/mol. The van der Waals surface area contributed by atoms with E-state index in [1.54, 1.807) is 11.6 Å². The number of anilines is 1. The number of aryl methyl sites for hydroxylation is 1. The van der Waals surface area contributed by atoms with Gasteiger partial charge in [0.05, 0.1) is 25.4 Å². The van der Waals surface area contributed by atoms with Crippen molar-refractivity contribution in [2.24, 2.45) is 7.05 Å². The number of H-pyrrole nitrogens is 1. The molecule has 0 aliphatic heterocycles. The van der Waals surface area contributed by atoms with Gasteiger partial charge < -0.3 is 19.3 Å². The number of fused-ring (bicyclic) bond motifs is 1. The lowest BCUT2D eigenvalue weighted by Crippen LogP contribution is -2.32. The summed E-state index contributed by atoms with van der Waals surface area (Å²) in [5.74, 6) is 0.551. The summed E-state index contributed by atoms with van der Waals surface area (Å²) in [6.45, 7) is 9.41. The lowest BCUT2D eigenvalue weighted by molar-refractivity contribution is -0.000173. The van der Waals surface area contributed by atoms with Crippen molar-refractivity contribution in [3.05, 3.63) is 20.8 Å². The average molecular weight is 353 g/mol. The van der Waals surface area contributed by atoms with E-state index in [4.69, 9.17) is 4.74 Å². The number of aromatic nitrogens is 4. The smallest absolute Gasteiger partial charge is 0.329 e. The van der Waals surface area contributed by atoms with Gasteiger partial charge in [0.15, 0.2) is 11.2 Å². The van der Waals surface area contributed by atoms with Crippen LogP contribution < -0.4 is 16.1 Å². The van der Waals surface area contributed by atoms with Crippen LogP contribution in [0.1, 0.15) is 27.7 Å². The number of rotatable bonds is 8. The molecule has 0 aromatic carbocycles. The minimum Gasteiger partial charge on any atom is -0.389 e. The SMILES string of the molecule is CCN(CC)c1nc2c(c(=O)[nH]c(=O)n2C)n1C[C@H](O)COC(C)C. The van der Waals surface area contributed by atoms with Crippen LogP contribution in [0.25, 0.3) is 11.2 Å². The van der Waals surface area contributed by atoms with E-state index in [0.29, 0.717) is 24.7 Å². The second kappa shape index (κ2) is 7.83. The first kappa shape index (κ1) is 19.2. The number of hydrogen-bond donors (Lipinski definition) is 2. The van der Waals surface area contributed by atoms with Gasteiger partial charge in [0, 0.05) is 20.1 Å². The van der Waals surface area contributed by atoms with Gasteiger partial charge in [0.1, 0.15) is 0 Å². The highest BCUT2D eigenvalue weighted by Crippen LogP contribution is 2.20. The van der Waals surface area contributed by atoms with Crippen LogP contribution >= 0.6 is 0 Å². The maximum Gasteiger partial charge on any atom is 0.329 e. The van der Waals surface area contributed by atoms with Crippen LogP contribution in [0.3, 0.4) is 0 Å². The van der Waals surface area contributed by atoms with Gasteiger partial charge in [-0.15, -0.1) is 0 Å². The average Bonchev–Trinajstić information content (AvgIpc) is 2.92. The fourth-order valence-electron chi connectivity index (χ4n) is 2.71. The molecular formula is C16H27N5O4. The second-order valence-corrected chi connectivity index (χ2v) is 6.22. The quantitative estimate of drug-likeness (QED) is 0.695. The topological polar surface area (TPSA) is 105 Å². The molecule has 0 bridgehead atoms. The standard InChI is InChI=1S/C16H27N5O4/c1-6-20(7-2)15-17-13-12(14(23)18-16(24)19(13)5)21(15)8-11(22)9-25-10(3)4/h10-11,22H,6-9H2,1-5H3,(H,18,23,24)/t11-/m0/s1. The summed E-state index contributed by atoms with van der Waals surface area (Å²) in [6.07, 6.45) is -0.800. The summed E-state index contributed by atoms with van der Waals surface area (Å²) in [5, 5.41) is 10.3. The Morgan fingerprint density at radius 3 is 2.48 bits per heavy atom. The lowest BCUT2D eigenvalue weighted by atomic mass is 10.3. The molecule has 2 heterocycles. The van der Waals surface area contributed by atoms with Crippen molar-refractivity contribution in [3.63, 3.8) is 0 Å². The van der Waals surface area contributed by atoms with Gasteiger partial charge in [-0.2, -0.15) is 4.98 Å². The van der Waals surface area contributed by atoms with Crippen molar-refractivity contribution in [2.45, 2.75) is 46.4 Å². The maximum atomic E-state index is 12.4. The minimum absolute atomic E-state index is 0.000609. The summed E-state index contributed by atoms with van der Waals surface area (Å²) in [4.78, 5) is 33.0. The summed E-state index contributed by atoms with van der Waals surface area (Å²) >= 11 is 0. The summed E-state index contributed by atoms with van der Waals surface area (Å²) in [7, 11) is 1.56. The van der Waals surface area contributed by atoms with Crippen LogP contribution in [0.15, 0.2) is 9.59 Å². The molecule has 9 nitrogen and oxygen atoms in total. The third-order valence-corrected chi connectivity index (χ3v) is 4.05. The zero-order valence-corrected chi connectivity index (χ0v) is 15.4. The molecule has 0 aliphatic carbocycles. The van der Waals surface area contributed by atoms with Gasteiger partial charge in [-0.1, -0.05) is 0 Å². The van der Waals surface area contributed by atoms with Gasteiger partial charge in [-0.3, -0.25) is 14.3 Å². The molecule has 0 saturated carbocycles. The lowest BCUT2D eigenvalue weighted by Gasteiger charge is -2.22. The molecule has 0 aliphatic rings. The largest absolute Gasteiger partial charge is 0.389 e. The molecule has 2 aromatic heterocycles. The van der Waals surface area contributed by atoms with Crippen LogP contribution in [-0.2, 0) is 18.3 Å². The van der Waals surface area contributed by atoms with E-state index in [-0.39, 0.29) is 24.8 Å². The Balaban J connectivity index is 2.58. The Kier molecular flexibility index (Phi) is 6.02. The Labute approximate surface area is 145 Å². The summed E-state index contributed by atoms with van der Waals surface area (Å²) in [5.41, 5.74) is -0.460. The third-order valence-electron chi connectivity index (χ3n) is 4.05. The molecule has 0 spiro atoms. The van der Waals surface area contributed by atoms with E-state index < -0.39 is 17.4 Å². The molecule has 0 saturated heterocycles. The molecule has 2 rings (SSSR count). The summed E-state index contributed by atoms with van der Waals surface area (Å²) in [6, 6.07) is 0. The van der Waals surface area contributed by atoms with Crippen molar-refractivity contribution in [2.75, 3.05) is 24.6 Å². The van der Waals surface area contributed by atoms with E-state index in [9.17, 15) is 14.7 Å². The van der Waals surface area contributed by atoms with Crippen LogP contribution in [0, 0.1) is 0 Å². The molecule has 0 unspecified atom stereocenters. The highest BCUT2D eigenvalue weighted by Gasteiger charge is 2.22. The number of aromatic amines is 1. The number of aliphatic hydroxyl groups is 1. The van der Waals surface area contributed by atoms with Crippen LogP contribution in [-0.4, -0.2) is 56.1 Å². The Bertz CT molecular complexity index is 831. The first-order chi connectivity index (χ1) is 11.8. The number of nitrogens with zero attached hydrogens (tertiary/aromatic N) is 4. The van der Waals surface area contributed by atoms with E-state index in [1.165, 1.54) is 4.57 Å². The highest BCUT2D eigenvalue weighted by atomic mass is 16.5. The summed E-state index contributed by atoms with van der Waals surface area (Å²) < 4.78 is 8.42. The van der Waals surface area contributed by atoms with Gasteiger partial charge >= 0.3 is 5.69 Å². The molecule has 9 heteroatoms. The van der Waals surface area contributed by atoms with Crippen LogP contribution in [0.4, 0.5) is 5.95 Å². The van der Waals surface area contributed by atoms with E-state index in [2.05, 4.69) is 9.97 Å². The number of nitrogens with one attached hydrogen (secondary N) is 1. The van der Waals surface area contributed by atoms with Crippen molar-refractivity contribution < 1.29 is 9.84 Å². The minimum atomic E-state index is -0.800. The zero-order valence-electron chi connectivity index (χ0n) is 15.4. The molecule has 2 aromatic rings. The number of hydrogen-bond acceptors (Lipinski definition) is 6. The maximum absolute atomic E-state index is 12.4. The Hall–Kier alpha value is -2.13. The van der Waals surface area contributed by atoms with E-state index >= 15 is 0 Å².